The van der Waals surface area contributed by atoms with Crippen LogP contribution < -0.4 is 5.73 Å². The second-order valence-corrected chi connectivity index (χ2v) is 4.13. The van der Waals surface area contributed by atoms with Crippen LogP contribution >= 0.6 is 0 Å². The number of nitro groups is 1. The van der Waals surface area contributed by atoms with Gasteiger partial charge in [-0.05, 0) is 24.3 Å². The number of nitrogen functional groups attached to an aromatic ring is 1. The summed E-state index contributed by atoms with van der Waals surface area (Å²) in [5.74, 6) is 0.572. The number of benzene rings is 1. The van der Waals surface area contributed by atoms with Gasteiger partial charge in [-0.3, -0.25) is 10.1 Å². The summed E-state index contributed by atoms with van der Waals surface area (Å²) in [6.45, 7) is 0. The van der Waals surface area contributed by atoms with E-state index in [9.17, 15) is 10.1 Å². The molecule has 0 radical (unpaired) electrons. The van der Waals surface area contributed by atoms with Gasteiger partial charge in [-0.25, -0.2) is 4.68 Å². The van der Waals surface area contributed by atoms with E-state index in [0.717, 1.165) is 0 Å². The van der Waals surface area contributed by atoms with Gasteiger partial charge in [0.25, 0.3) is 5.69 Å². The largest absolute Gasteiger partial charge is 0.463 e. The highest BCUT2D eigenvalue weighted by molar-refractivity contribution is 5.68. The van der Waals surface area contributed by atoms with Gasteiger partial charge in [-0.15, -0.1) is 0 Å². The van der Waals surface area contributed by atoms with E-state index in [0.29, 0.717) is 22.8 Å². The van der Waals surface area contributed by atoms with Crippen LogP contribution in [0.1, 0.15) is 0 Å². The fourth-order valence-electron chi connectivity index (χ4n) is 1.85. The van der Waals surface area contributed by atoms with Gasteiger partial charge in [0.2, 0.25) is 0 Å². The molecule has 0 aliphatic heterocycles. The maximum atomic E-state index is 10.6. The van der Waals surface area contributed by atoms with Gasteiger partial charge < -0.3 is 10.2 Å². The first kappa shape index (κ1) is 12.0. The van der Waals surface area contributed by atoms with Crippen LogP contribution in [0.15, 0.2) is 53.3 Å². The molecule has 0 aliphatic carbocycles. The van der Waals surface area contributed by atoms with Gasteiger partial charge in [0, 0.05) is 12.1 Å². The monoisotopic (exact) mass is 270 g/mol. The Hall–Kier alpha value is -3.09. The summed E-state index contributed by atoms with van der Waals surface area (Å²) in [5, 5.41) is 14.9. The van der Waals surface area contributed by atoms with E-state index in [4.69, 9.17) is 10.2 Å². The Kier molecular flexibility index (Phi) is 2.72. The number of furan rings is 1. The number of nitrogens with zero attached hydrogens (tertiary/aromatic N) is 3. The summed E-state index contributed by atoms with van der Waals surface area (Å²) in [5.41, 5.74) is 7.61. The van der Waals surface area contributed by atoms with Crippen LogP contribution in [0.4, 0.5) is 11.4 Å². The van der Waals surface area contributed by atoms with Crippen molar-refractivity contribution in [2.24, 2.45) is 0 Å². The standard InChI is InChI=1S/C13H10N4O3/c14-11-8-16(15-13(11)12-2-1-7-20-12)9-3-5-10(6-4-9)17(18)19/h1-8H,14H2. The van der Waals surface area contributed by atoms with Crippen LogP contribution in [0.25, 0.3) is 17.1 Å². The van der Waals surface area contributed by atoms with Gasteiger partial charge in [0.1, 0.15) is 0 Å². The summed E-state index contributed by atoms with van der Waals surface area (Å²) in [7, 11) is 0. The molecule has 0 amide bonds. The number of nitro benzene ring substituents is 1. The van der Waals surface area contributed by atoms with Gasteiger partial charge in [0.05, 0.1) is 28.8 Å². The second kappa shape index (κ2) is 4.54. The maximum absolute atomic E-state index is 10.6. The molecule has 2 aromatic heterocycles. The first-order valence-corrected chi connectivity index (χ1v) is 5.79. The van der Waals surface area contributed by atoms with E-state index in [1.54, 1.807) is 41.4 Å². The second-order valence-electron chi connectivity index (χ2n) is 4.13. The van der Waals surface area contributed by atoms with Crippen molar-refractivity contribution in [3.63, 3.8) is 0 Å². The predicted molar refractivity (Wildman–Crippen MR) is 72.3 cm³/mol. The van der Waals surface area contributed by atoms with Gasteiger partial charge in [0.15, 0.2) is 11.5 Å². The fraction of sp³-hybridized carbons (Fsp3) is 0. The zero-order valence-electron chi connectivity index (χ0n) is 10.3. The van der Waals surface area contributed by atoms with E-state index in [-0.39, 0.29) is 5.69 Å². The summed E-state index contributed by atoms with van der Waals surface area (Å²) >= 11 is 0. The Balaban J connectivity index is 1.99. The van der Waals surface area contributed by atoms with Gasteiger partial charge >= 0.3 is 0 Å². The normalized spacial score (nSPS) is 10.6. The molecule has 20 heavy (non-hydrogen) atoms. The van der Waals surface area contributed by atoms with Crippen molar-refractivity contribution >= 4 is 11.4 Å². The van der Waals surface area contributed by atoms with Crippen molar-refractivity contribution in [3.8, 4) is 17.1 Å². The molecule has 100 valence electrons. The molecule has 0 unspecified atom stereocenters. The minimum atomic E-state index is -0.449. The molecule has 0 spiro atoms. The Morgan fingerprint density at radius 2 is 2.00 bits per heavy atom. The lowest BCUT2D eigenvalue weighted by atomic mass is 10.3. The minimum absolute atomic E-state index is 0.0279. The molecule has 7 nitrogen and oxygen atoms in total. The molecule has 0 fully saturated rings. The maximum Gasteiger partial charge on any atom is 0.269 e. The van der Waals surface area contributed by atoms with E-state index in [1.807, 2.05) is 0 Å². The highest BCUT2D eigenvalue weighted by atomic mass is 16.6. The zero-order chi connectivity index (χ0) is 14.1. The van der Waals surface area contributed by atoms with E-state index >= 15 is 0 Å². The van der Waals surface area contributed by atoms with Crippen molar-refractivity contribution in [2.45, 2.75) is 0 Å². The molecule has 0 aliphatic rings. The SMILES string of the molecule is Nc1cn(-c2ccc([N+](=O)[O-])cc2)nc1-c1ccco1. The number of hydrogen-bond donors (Lipinski definition) is 1. The Bertz CT molecular complexity index is 745. The van der Waals surface area contributed by atoms with Crippen molar-refractivity contribution in [1.29, 1.82) is 0 Å². The molecule has 0 saturated heterocycles. The Morgan fingerprint density at radius 3 is 2.60 bits per heavy atom. The lowest BCUT2D eigenvalue weighted by Gasteiger charge is -1.99. The molecular weight excluding hydrogens is 260 g/mol. The van der Waals surface area contributed by atoms with E-state index in [1.165, 1.54) is 12.1 Å². The number of rotatable bonds is 3. The smallest absolute Gasteiger partial charge is 0.269 e. The lowest BCUT2D eigenvalue weighted by Crippen LogP contribution is -1.95. The molecule has 0 atom stereocenters. The van der Waals surface area contributed by atoms with Crippen LogP contribution in [-0.4, -0.2) is 14.7 Å². The van der Waals surface area contributed by atoms with Crippen molar-refractivity contribution in [2.75, 3.05) is 5.73 Å². The third-order valence-electron chi connectivity index (χ3n) is 2.82. The summed E-state index contributed by atoms with van der Waals surface area (Å²) in [6.07, 6.45) is 3.18. The molecule has 1 aromatic carbocycles. The average molecular weight is 270 g/mol. The zero-order valence-corrected chi connectivity index (χ0v) is 10.3. The third-order valence-corrected chi connectivity index (χ3v) is 2.82. The number of hydrogen-bond acceptors (Lipinski definition) is 5. The van der Waals surface area contributed by atoms with Crippen LogP contribution in [0.5, 0.6) is 0 Å². The van der Waals surface area contributed by atoms with E-state index < -0.39 is 4.92 Å². The molecule has 2 N–H and O–H groups in total. The van der Waals surface area contributed by atoms with Crippen LogP contribution in [0, 0.1) is 10.1 Å². The predicted octanol–water partition coefficient (Wildman–Crippen LogP) is 2.62. The quantitative estimate of drug-likeness (QED) is 0.582. The molecule has 2 heterocycles. The number of aromatic nitrogens is 2. The van der Waals surface area contributed by atoms with Crippen molar-refractivity contribution in [1.82, 2.24) is 9.78 Å². The molecule has 3 aromatic rings. The van der Waals surface area contributed by atoms with Crippen LogP contribution in [0.2, 0.25) is 0 Å². The van der Waals surface area contributed by atoms with Gasteiger partial charge in [-0.1, -0.05) is 0 Å². The molecule has 7 heteroatoms. The van der Waals surface area contributed by atoms with Gasteiger partial charge in [-0.2, -0.15) is 5.10 Å². The first-order chi connectivity index (χ1) is 9.65. The highest BCUT2D eigenvalue weighted by Gasteiger charge is 2.12. The van der Waals surface area contributed by atoms with Crippen LogP contribution in [0.3, 0.4) is 0 Å². The Morgan fingerprint density at radius 1 is 1.25 bits per heavy atom. The Labute approximate surface area is 113 Å². The molecule has 0 bridgehead atoms. The first-order valence-electron chi connectivity index (χ1n) is 5.79. The third kappa shape index (κ3) is 2.01. The van der Waals surface area contributed by atoms with Crippen molar-refractivity contribution < 1.29 is 9.34 Å². The average Bonchev–Trinajstić information content (AvgIpc) is 3.07. The van der Waals surface area contributed by atoms with Crippen LogP contribution in [-0.2, 0) is 0 Å². The molecule has 3 rings (SSSR count). The number of anilines is 1. The topological polar surface area (TPSA) is 100 Å². The van der Waals surface area contributed by atoms with Crippen molar-refractivity contribution in [3.05, 3.63) is 59.0 Å². The number of non-ortho nitro benzene ring substituents is 1. The summed E-state index contributed by atoms with van der Waals surface area (Å²) in [6, 6.07) is 9.56. The highest BCUT2D eigenvalue weighted by Crippen LogP contribution is 2.26. The summed E-state index contributed by atoms with van der Waals surface area (Å²) < 4.78 is 6.81. The number of nitrogens with two attached hydrogens (primary N) is 1. The summed E-state index contributed by atoms with van der Waals surface area (Å²) in [4.78, 5) is 10.2. The van der Waals surface area contributed by atoms with E-state index in [2.05, 4.69) is 5.10 Å². The molecule has 0 saturated carbocycles. The fourth-order valence-corrected chi connectivity index (χ4v) is 1.85. The minimum Gasteiger partial charge on any atom is -0.463 e. The molecular formula is C13H10N4O3. The lowest BCUT2D eigenvalue weighted by molar-refractivity contribution is -0.384.